The van der Waals surface area contributed by atoms with Crippen molar-refractivity contribution in [2.75, 3.05) is 70.9 Å². The number of nitrogens with zero attached hydrogens (tertiary/aromatic N) is 3. The summed E-state index contributed by atoms with van der Waals surface area (Å²) in [5.74, 6) is 0.763. The molecule has 16 atom stereocenters. The quantitative estimate of drug-likeness (QED) is 0.230. The van der Waals surface area contributed by atoms with E-state index >= 15 is 0 Å². The van der Waals surface area contributed by atoms with Gasteiger partial charge >= 0.3 is 0 Å². The maximum Gasteiger partial charge on any atom is 0.201 e. The van der Waals surface area contributed by atoms with Crippen molar-refractivity contribution in [3.05, 3.63) is 35.5 Å². The van der Waals surface area contributed by atoms with E-state index < -0.39 is 35.4 Å². The molecule has 2 aromatic rings. The lowest BCUT2D eigenvalue weighted by atomic mass is 9.58. The van der Waals surface area contributed by atoms with Gasteiger partial charge < -0.3 is 55.2 Å². The summed E-state index contributed by atoms with van der Waals surface area (Å²) in [4.78, 5) is 32.1. The topological polar surface area (TPSA) is 120 Å². The van der Waals surface area contributed by atoms with Crippen molar-refractivity contribution in [1.82, 2.24) is 9.88 Å². The van der Waals surface area contributed by atoms with Crippen LogP contribution in [-0.2, 0) is 48.0 Å². The van der Waals surface area contributed by atoms with E-state index in [1.165, 1.54) is 12.8 Å². The van der Waals surface area contributed by atoms with Crippen LogP contribution in [0.2, 0.25) is 5.02 Å². The Hall–Kier alpha value is -1.28. The zero-order valence-corrected chi connectivity index (χ0v) is 41.6. The van der Waals surface area contributed by atoms with Gasteiger partial charge in [0, 0.05) is 85.0 Å². The van der Waals surface area contributed by atoms with E-state index in [1.54, 1.807) is 0 Å². The molecule has 0 amide bonds. The molecular weight excluding hydrogens is 920 g/mol. The average Bonchev–Trinajstić information content (AvgIpc) is 3.66. The zero-order valence-electron chi connectivity index (χ0n) is 39.2. The minimum Gasteiger partial charge on any atom is -1.00 e. The monoisotopic (exact) mass is 990 g/mol. The second-order valence-electron chi connectivity index (χ2n) is 21.8. The van der Waals surface area contributed by atoms with Crippen molar-refractivity contribution >= 4 is 28.2 Å². The third kappa shape index (κ3) is 8.22. The standard InChI is InChI=1S/C49H72ClN4O10.BrH/c1-30-7-11-38-32(3)42(57-44-48(38)36(30)13-16-46(5,59-44)61-63-48)55-27-25-54(23-21-53(22-24-54)20-19-52-40-15-18-51-41-29-34(50)9-10-35(40)41)26-28-56-43-33(4)39-12-8-31(2)37-14-17-47(6)60-45(58-43)49(37,39)64-62-47;/h9-10,15,18,29-33,36-39,42-45H,7-8,11-14,16-17,19-28H2,1-6H3,(H,51,52);1H/q+1;/p-1/t30-,31-,32-,33-,36+,37+,38+,39+,42+,43+,44-,45-,46-,47-,48-,49-;/m1./s1. The van der Waals surface area contributed by atoms with E-state index in [4.69, 9.17) is 59.6 Å². The number of piperazine rings is 1. The van der Waals surface area contributed by atoms with E-state index in [0.29, 0.717) is 41.9 Å². The lowest BCUT2D eigenvalue weighted by molar-refractivity contribution is -0.933. The predicted molar refractivity (Wildman–Crippen MR) is 237 cm³/mol. The predicted octanol–water partition coefficient (Wildman–Crippen LogP) is 4.89. The molecule has 1 N–H and O–H groups in total. The summed E-state index contributed by atoms with van der Waals surface area (Å²) in [5.41, 5.74) is 0.770. The third-order valence-corrected chi connectivity index (χ3v) is 18.4. The second kappa shape index (κ2) is 18.2. The molecule has 362 valence electrons. The first-order valence-electron chi connectivity index (χ1n) is 24.8. The highest BCUT2D eigenvalue weighted by Gasteiger charge is 2.71. The van der Waals surface area contributed by atoms with E-state index in [-0.39, 0.29) is 53.2 Å². The summed E-state index contributed by atoms with van der Waals surface area (Å²) in [6, 6.07) is 7.93. The van der Waals surface area contributed by atoms with Gasteiger partial charge in [-0.05, 0) is 100 Å². The number of hydrogen-bond donors (Lipinski definition) is 1. The number of hydrogen-bond acceptors (Lipinski definition) is 13. The molecule has 11 fully saturated rings. The van der Waals surface area contributed by atoms with E-state index in [0.717, 1.165) is 112 Å². The smallest absolute Gasteiger partial charge is 0.201 e. The molecule has 2 spiro atoms. The first-order valence-corrected chi connectivity index (χ1v) is 25.2. The second-order valence-corrected chi connectivity index (χ2v) is 22.2. The summed E-state index contributed by atoms with van der Waals surface area (Å²) < 4.78 is 41.6. The average molecular weight is 992 g/mol. The van der Waals surface area contributed by atoms with Crippen molar-refractivity contribution in [3.63, 3.8) is 0 Å². The molecule has 16 heteroatoms. The number of halogens is 2. The fourth-order valence-corrected chi connectivity index (χ4v) is 14.4. The van der Waals surface area contributed by atoms with Crippen LogP contribution in [0.1, 0.15) is 92.9 Å². The van der Waals surface area contributed by atoms with Gasteiger partial charge in [0.2, 0.25) is 11.6 Å². The Kier molecular flexibility index (Phi) is 13.2. The maximum absolute atomic E-state index is 6.87. The van der Waals surface area contributed by atoms with Gasteiger partial charge in [-0.1, -0.05) is 39.3 Å². The number of benzene rings is 1. The van der Waals surface area contributed by atoms with E-state index in [9.17, 15) is 0 Å². The Balaban J connectivity index is 0.00000498. The largest absolute Gasteiger partial charge is 1.00 e. The zero-order chi connectivity index (χ0) is 44.1. The number of nitrogens with one attached hydrogen (secondary N) is 1. The molecule has 11 aliphatic rings. The van der Waals surface area contributed by atoms with Gasteiger partial charge in [0.15, 0.2) is 36.4 Å². The van der Waals surface area contributed by atoms with Gasteiger partial charge in [0.25, 0.3) is 0 Å². The van der Waals surface area contributed by atoms with Crippen LogP contribution in [0.3, 0.4) is 0 Å². The minimum atomic E-state index is -0.814. The molecule has 13 rings (SSSR count). The normalized spacial score (nSPS) is 45.2. The fourth-order valence-electron chi connectivity index (χ4n) is 14.2. The van der Waals surface area contributed by atoms with Crippen molar-refractivity contribution < 1.29 is 69.4 Å². The number of anilines is 1. The van der Waals surface area contributed by atoms with Gasteiger partial charge in [0.1, 0.15) is 13.1 Å². The molecule has 9 aliphatic heterocycles. The molecule has 0 radical (unpaired) electrons. The first-order chi connectivity index (χ1) is 30.8. The Morgan fingerprint density at radius 1 is 0.738 bits per heavy atom. The molecule has 4 bridgehead atoms. The summed E-state index contributed by atoms with van der Waals surface area (Å²) >= 11 is 6.27. The van der Waals surface area contributed by atoms with Crippen LogP contribution in [0.4, 0.5) is 5.69 Å². The van der Waals surface area contributed by atoms with Crippen LogP contribution in [0.5, 0.6) is 0 Å². The Morgan fingerprint density at radius 3 is 1.85 bits per heavy atom. The first kappa shape index (κ1) is 47.4. The molecule has 0 unspecified atom stereocenters. The Labute approximate surface area is 400 Å². The molecule has 1 aromatic carbocycles. The van der Waals surface area contributed by atoms with E-state index in [2.05, 4.69) is 42.9 Å². The molecule has 2 saturated carbocycles. The van der Waals surface area contributed by atoms with Gasteiger partial charge in [-0.2, -0.15) is 0 Å². The van der Waals surface area contributed by atoms with Crippen LogP contribution < -0.4 is 22.3 Å². The van der Waals surface area contributed by atoms with Crippen LogP contribution >= 0.6 is 11.6 Å². The minimum absolute atomic E-state index is 0. The molecular formula is C49H72BrClN4O10. The molecule has 65 heavy (non-hydrogen) atoms. The highest BCUT2D eigenvalue weighted by molar-refractivity contribution is 6.31. The lowest BCUT2D eigenvalue weighted by Crippen LogP contribution is -3.00. The van der Waals surface area contributed by atoms with Crippen LogP contribution in [0, 0.1) is 47.3 Å². The maximum atomic E-state index is 6.87. The van der Waals surface area contributed by atoms with Gasteiger partial charge in [-0.25, -0.2) is 19.6 Å². The van der Waals surface area contributed by atoms with Crippen LogP contribution in [0.25, 0.3) is 10.9 Å². The van der Waals surface area contributed by atoms with Gasteiger partial charge in [0.05, 0.1) is 31.8 Å². The van der Waals surface area contributed by atoms with Crippen LogP contribution in [-0.4, -0.2) is 128 Å². The highest BCUT2D eigenvalue weighted by Crippen LogP contribution is 2.62. The number of rotatable bonds is 12. The number of ether oxygens (including phenoxy) is 6. The van der Waals surface area contributed by atoms with E-state index in [1.807, 2.05) is 44.3 Å². The summed E-state index contributed by atoms with van der Waals surface area (Å²) in [6.07, 6.45) is 8.06. The molecule has 10 heterocycles. The summed E-state index contributed by atoms with van der Waals surface area (Å²) in [5, 5.41) is 5.45. The molecule has 2 aliphatic carbocycles. The Bertz CT molecular complexity index is 1930. The summed E-state index contributed by atoms with van der Waals surface area (Å²) in [7, 11) is 0. The fraction of sp³-hybridized carbons (Fsp3) is 0.816. The summed E-state index contributed by atoms with van der Waals surface area (Å²) in [6.45, 7) is 21.8. The van der Waals surface area contributed by atoms with Crippen molar-refractivity contribution in [2.45, 2.75) is 141 Å². The van der Waals surface area contributed by atoms with Crippen molar-refractivity contribution in [1.29, 1.82) is 0 Å². The molecule has 14 nitrogen and oxygen atoms in total. The number of pyridine rings is 1. The van der Waals surface area contributed by atoms with Crippen molar-refractivity contribution in [2.24, 2.45) is 47.3 Å². The lowest BCUT2D eigenvalue weighted by Gasteiger charge is -2.60. The molecule has 9 saturated heterocycles. The number of aromatic nitrogens is 1. The Morgan fingerprint density at radius 2 is 1.29 bits per heavy atom. The third-order valence-electron chi connectivity index (χ3n) is 18.1. The number of fused-ring (bicyclic) bond motifs is 5. The number of quaternary nitrogens is 1. The van der Waals surface area contributed by atoms with Gasteiger partial charge in [-0.3, -0.25) is 9.88 Å². The van der Waals surface area contributed by atoms with Gasteiger partial charge in [-0.15, -0.1) is 0 Å². The van der Waals surface area contributed by atoms with Crippen molar-refractivity contribution in [3.8, 4) is 0 Å². The van der Waals surface area contributed by atoms with Crippen LogP contribution in [0.15, 0.2) is 30.5 Å². The molecule has 1 aromatic heterocycles. The highest BCUT2D eigenvalue weighted by atomic mass is 79.9. The SMILES string of the molecule is C[C@H]1[C@@H](OCC[N+]2(CCO[C@H]3O[C@@H]4O[C@@]5(C)CC[C@H]6[C@H](C)CC[C@@H]([C@H]3C)[C@@]46OO5)CCN(CCNc3ccnc4cc(Cl)ccc34)CC2)O[C@@H]2O[C@@]3(C)CC[C@H]4[C@H](C)CC[C@@H]1[C@@]24OO3.[Br-].